The first-order valence-corrected chi connectivity index (χ1v) is 10.1. The Kier molecular flexibility index (Phi) is 8.64. The van der Waals surface area contributed by atoms with Gasteiger partial charge in [0.1, 0.15) is 0 Å². The Morgan fingerprint density at radius 1 is 1.17 bits per heavy atom. The molecule has 1 heterocycles. The predicted octanol–water partition coefficient (Wildman–Crippen LogP) is 4.08. The number of unbranched alkanes of at least 4 members (excludes halogenated alkanes) is 1. The van der Waals surface area contributed by atoms with Crippen LogP contribution in [0.3, 0.4) is 0 Å². The lowest BCUT2D eigenvalue weighted by molar-refractivity contribution is 0.254. The summed E-state index contributed by atoms with van der Waals surface area (Å²) in [6, 6.07) is 0.667. The third kappa shape index (κ3) is 6.11. The second-order valence-corrected chi connectivity index (χ2v) is 7.48. The molecule has 0 atom stereocenters. The highest BCUT2D eigenvalue weighted by Crippen LogP contribution is 2.23. The maximum Gasteiger partial charge on any atom is 0.150 e. The number of hydrogen-bond donors (Lipinski definition) is 0. The molecule has 136 valence electrons. The highest BCUT2D eigenvalue weighted by atomic mass is 32.1. The minimum atomic E-state index is 0.667. The van der Waals surface area contributed by atoms with Gasteiger partial charge in [-0.1, -0.05) is 57.7 Å². The van der Waals surface area contributed by atoms with Crippen LogP contribution in [0.4, 0.5) is 0 Å². The van der Waals surface area contributed by atoms with Crippen LogP contribution in [0, 0.1) is 0 Å². The molecule has 24 heavy (non-hydrogen) atoms. The molecule has 1 aliphatic carbocycles. The zero-order valence-electron chi connectivity index (χ0n) is 15.4. The van der Waals surface area contributed by atoms with E-state index in [1.54, 1.807) is 4.68 Å². The van der Waals surface area contributed by atoms with E-state index in [0.29, 0.717) is 6.04 Å². The van der Waals surface area contributed by atoms with Crippen molar-refractivity contribution in [2.75, 3.05) is 6.54 Å². The van der Waals surface area contributed by atoms with Gasteiger partial charge in [0.05, 0.1) is 4.99 Å². The second kappa shape index (κ2) is 10.7. The lowest BCUT2D eigenvalue weighted by atomic mass is 9.95. The molecule has 2 rings (SSSR count). The van der Waals surface area contributed by atoms with Crippen molar-refractivity contribution in [2.45, 2.75) is 90.0 Å². The average molecular weight is 352 g/mol. The molecule has 0 spiro atoms. The molecule has 1 aromatic heterocycles. The molecule has 6 heteroatoms. The van der Waals surface area contributed by atoms with Crippen molar-refractivity contribution in [3.05, 3.63) is 5.82 Å². The molecule has 0 saturated heterocycles. The van der Waals surface area contributed by atoms with Crippen molar-refractivity contribution in [3.63, 3.8) is 0 Å². The monoisotopic (exact) mass is 351 g/mol. The number of aryl methyl sites for hydroxylation is 2. The Labute approximate surface area is 152 Å². The zero-order chi connectivity index (χ0) is 17.2. The summed E-state index contributed by atoms with van der Waals surface area (Å²) in [5.41, 5.74) is 0. The molecular formula is C18H33N5S. The first kappa shape index (κ1) is 19.3. The molecule has 0 radical (unpaired) electrons. The summed E-state index contributed by atoms with van der Waals surface area (Å²) in [5.74, 6) is 0.948. The highest BCUT2D eigenvalue weighted by molar-refractivity contribution is 7.80. The van der Waals surface area contributed by atoms with Gasteiger partial charge in [-0.2, -0.15) is 0 Å². The molecule has 1 aromatic rings. The number of aromatic nitrogens is 4. The van der Waals surface area contributed by atoms with E-state index in [1.165, 1.54) is 57.8 Å². The van der Waals surface area contributed by atoms with E-state index >= 15 is 0 Å². The largest absolute Gasteiger partial charge is 0.363 e. The lowest BCUT2D eigenvalue weighted by Crippen LogP contribution is -2.40. The fourth-order valence-corrected chi connectivity index (χ4v) is 3.97. The van der Waals surface area contributed by atoms with Crippen molar-refractivity contribution in [2.24, 2.45) is 7.05 Å². The van der Waals surface area contributed by atoms with Crippen molar-refractivity contribution >= 4 is 17.2 Å². The second-order valence-electron chi connectivity index (χ2n) is 7.01. The third-order valence-electron chi connectivity index (χ3n) is 5.09. The third-order valence-corrected chi connectivity index (χ3v) is 5.53. The number of tetrazole rings is 1. The van der Waals surface area contributed by atoms with Gasteiger partial charge in [-0.3, -0.25) is 0 Å². The minimum Gasteiger partial charge on any atom is -0.363 e. The summed E-state index contributed by atoms with van der Waals surface area (Å²) < 4.78 is 1.76. The van der Waals surface area contributed by atoms with E-state index in [9.17, 15) is 0 Å². The Morgan fingerprint density at radius 3 is 2.50 bits per heavy atom. The summed E-state index contributed by atoms with van der Waals surface area (Å²) in [6.07, 6.45) is 14.9. The molecule has 0 N–H and O–H groups in total. The van der Waals surface area contributed by atoms with Gasteiger partial charge in [0.15, 0.2) is 5.82 Å². The molecule has 0 unspecified atom stereocenters. The molecule has 0 aromatic carbocycles. The summed E-state index contributed by atoms with van der Waals surface area (Å²) >= 11 is 5.84. The fraction of sp³-hybridized carbons (Fsp3) is 0.889. The molecule has 1 saturated carbocycles. The van der Waals surface area contributed by atoms with Crippen LogP contribution in [-0.2, 0) is 13.5 Å². The van der Waals surface area contributed by atoms with E-state index in [-0.39, 0.29) is 0 Å². The highest BCUT2D eigenvalue weighted by Gasteiger charge is 2.21. The fourth-order valence-electron chi connectivity index (χ4n) is 3.59. The van der Waals surface area contributed by atoms with E-state index < -0.39 is 0 Å². The molecule has 5 nitrogen and oxygen atoms in total. The quantitative estimate of drug-likeness (QED) is 0.661. The maximum atomic E-state index is 5.84. The standard InChI is InChI=1S/C18H33N5S/c1-3-4-15-23(16-11-8-6-5-7-9-12-16)18(24)14-10-13-17-19-20-21-22(17)2/h16H,3-15H2,1-2H3. The molecule has 0 bridgehead atoms. The van der Waals surface area contributed by atoms with Crippen molar-refractivity contribution < 1.29 is 0 Å². The van der Waals surface area contributed by atoms with Gasteiger partial charge in [0.25, 0.3) is 0 Å². The number of hydrogen-bond acceptors (Lipinski definition) is 4. The van der Waals surface area contributed by atoms with Crippen LogP contribution >= 0.6 is 12.2 Å². The van der Waals surface area contributed by atoms with Gasteiger partial charge in [0, 0.05) is 26.1 Å². The van der Waals surface area contributed by atoms with Crippen LogP contribution in [-0.4, -0.2) is 42.7 Å². The first-order chi connectivity index (χ1) is 11.7. The van der Waals surface area contributed by atoms with Crippen molar-refractivity contribution in [1.82, 2.24) is 25.1 Å². The lowest BCUT2D eigenvalue weighted by Gasteiger charge is -2.35. The first-order valence-electron chi connectivity index (χ1n) is 9.73. The molecular weight excluding hydrogens is 318 g/mol. The van der Waals surface area contributed by atoms with Gasteiger partial charge < -0.3 is 4.90 Å². The normalized spacial score (nSPS) is 16.6. The molecule has 0 aliphatic heterocycles. The Morgan fingerprint density at radius 2 is 1.88 bits per heavy atom. The Hall–Kier alpha value is -1.04. The smallest absolute Gasteiger partial charge is 0.150 e. The van der Waals surface area contributed by atoms with Crippen LogP contribution in [0.1, 0.15) is 83.4 Å². The van der Waals surface area contributed by atoms with Gasteiger partial charge in [0.2, 0.25) is 0 Å². The topological polar surface area (TPSA) is 46.8 Å². The van der Waals surface area contributed by atoms with Gasteiger partial charge in [-0.25, -0.2) is 4.68 Å². The molecule has 0 amide bonds. The summed E-state index contributed by atoms with van der Waals surface area (Å²) in [5, 5.41) is 11.7. The Balaban J connectivity index is 1.87. The molecule has 1 aliphatic rings. The average Bonchev–Trinajstić information content (AvgIpc) is 2.94. The van der Waals surface area contributed by atoms with Crippen LogP contribution in [0.15, 0.2) is 0 Å². The van der Waals surface area contributed by atoms with Gasteiger partial charge in [-0.05, 0) is 42.5 Å². The maximum absolute atomic E-state index is 5.84. The van der Waals surface area contributed by atoms with Crippen molar-refractivity contribution in [3.8, 4) is 0 Å². The van der Waals surface area contributed by atoms with E-state index in [2.05, 4.69) is 27.3 Å². The minimum absolute atomic E-state index is 0.667. The van der Waals surface area contributed by atoms with Crippen LogP contribution in [0.5, 0.6) is 0 Å². The zero-order valence-corrected chi connectivity index (χ0v) is 16.2. The van der Waals surface area contributed by atoms with Crippen LogP contribution in [0.2, 0.25) is 0 Å². The summed E-state index contributed by atoms with van der Waals surface area (Å²) in [4.78, 5) is 3.73. The molecule has 1 fully saturated rings. The van der Waals surface area contributed by atoms with Crippen LogP contribution in [0.25, 0.3) is 0 Å². The van der Waals surface area contributed by atoms with Crippen molar-refractivity contribution in [1.29, 1.82) is 0 Å². The van der Waals surface area contributed by atoms with Gasteiger partial charge >= 0.3 is 0 Å². The van der Waals surface area contributed by atoms with E-state index in [4.69, 9.17) is 12.2 Å². The van der Waals surface area contributed by atoms with Crippen LogP contribution < -0.4 is 0 Å². The predicted molar refractivity (Wildman–Crippen MR) is 102 cm³/mol. The number of rotatable bonds is 8. The van der Waals surface area contributed by atoms with E-state index in [1.807, 2.05) is 7.05 Å². The van der Waals surface area contributed by atoms with E-state index in [0.717, 1.165) is 36.6 Å². The number of thiocarbonyl (C=S) groups is 1. The van der Waals surface area contributed by atoms with Gasteiger partial charge in [-0.15, -0.1) is 5.10 Å². The SMILES string of the molecule is CCCCN(C(=S)CCCc1nnnn1C)C1CCCCCCC1. The summed E-state index contributed by atoms with van der Waals surface area (Å²) in [7, 11) is 1.90. The number of nitrogens with zero attached hydrogens (tertiary/aromatic N) is 5. The Bertz CT molecular complexity index is 480. The summed E-state index contributed by atoms with van der Waals surface area (Å²) in [6.45, 7) is 3.39.